The van der Waals surface area contributed by atoms with Gasteiger partial charge in [-0.15, -0.1) is 12.4 Å². The van der Waals surface area contributed by atoms with Crippen LogP contribution in [-0.4, -0.2) is 24.0 Å². The fraction of sp³-hybridized carbons (Fsp3) is 0.500. The van der Waals surface area contributed by atoms with Gasteiger partial charge in [-0.3, -0.25) is 4.79 Å². The summed E-state index contributed by atoms with van der Waals surface area (Å²) < 4.78 is 5.16. The van der Waals surface area contributed by atoms with Gasteiger partial charge in [-0.05, 0) is 24.8 Å². The molecule has 0 aliphatic rings. The smallest absolute Gasteiger partial charge is 0.328 e. The van der Waals surface area contributed by atoms with Crippen molar-refractivity contribution >= 4 is 24.3 Å². The third kappa shape index (κ3) is 7.43. The lowest BCUT2D eigenvalue weighted by atomic mass is 10.0. The van der Waals surface area contributed by atoms with Crippen molar-refractivity contribution in [2.24, 2.45) is 11.7 Å². The van der Waals surface area contributed by atoms with Gasteiger partial charge in [0, 0.05) is 0 Å². The molecule has 0 saturated heterocycles. The normalized spacial score (nSPS) is 13.0. The number of benzene rings is 1. The molecule has 0 aliphatic heterocycles. The molecule has 0 unspecified atom stereocenters. The Labute approximate surface area is 138 Å². The highest BCUT2D eigenvalue weighted by molar-refractivity contribution is 5.87. The topological polar surface area (TPSA) is 81.4 Å². The summed E-state index contributed by atoms with van der Waals surface area (Å²) in [5.74, 6) is -0.470. The maximum atomic E-state index is 11.8. The third-order valence-corrected chi connectivity index (χ3v) is 3.00. The Hall–Kier alpha value is -1.59. The van der Waals surface area contributed by atoms with E-state index in [0.29, 0.717) is 12.3 Å². The molecule has 1 amide bonds. The predicted molar refractivity (Wildman–Crippen MR) is 88.5 cm³/mol. The first-order chi connectivity index (χ1) is 9.90. The lowest BCUT2D eigenvalue weighted by Gasteiger charge is -2.18. The maximum Gasteiger partial charge on any atom is 0.328 e. The van der Waals surface area contributed by atoms with E-state index in [4.69, 9.17) is 10.5 Å². The molecule has 0 bridgehead atoms. The summed E-state index contributed by atoms with van der Waals surface area (Å²) in [5, 5.41) is 2.58. The van der Waals surface area contributed by atoms with E-state index >= 15 is 0 Å². The Morgan fingerprint density at radius 3 is 2.32 bits per heavy atom. The van der Waals surface area contributed by atoms with E-state index in [9.17, 15) is 9.59 Å². The van der Waals surface area contributed by atoms with Crippen LogP contribution in [0, 0.1) is 5.92 Å². The number of amides is 1. The molecule has 0 spiro atoms. The van der Waals surface area contributed by atoms with E-state index in [1.807, 2.05) is 44.2 Å². The van der Waals surface area contributed by atoms with Gasteiger partial charge in [-0.1, -0.05) is 44.2 Å². The highest BCUT2D eigenvalue weighted by Crippen LogP contribution is 2.04. The fourth-order valence-corrected chi connectivity index (χ4v) is 1.85. The van der Waals surface area contributed by atoms with Gasteiger partial charge in [0.15, 0.2) is 0 Å². The second-order valence-electron chi connectivity index (χ2n) is 5.56. The van der Waals surface area contributed by atoms with Crippen LogP contribution >= 0.6 is 12.4 Å². The SMILES string of the molecule is CC(C)C[C@H](N)C(=O)N[C@@H](C)C(=O)OCc1ccccc1.Cl. The molecule has 0 aromatic heterocycles. The minimum atomic E-state index is -0.709. The standard InChI is InChI=1S/C16H24N2O3.ClH/c1-11(2)9-14(17)15(19)18-12(3)16(20)21-10-13-7-5-4-6-8-13;/h4-8,11-12,14H,9-10,17H2,1-3H3,(H,18,19);1H/t12-,14-;/m0./s1. The van der Waals surface area contributed by atoms with Crippen LogP contribution in [0.25, 0.3) is 0 Å². The molecule has 0 radical (unpaired) electrons. The molecule has 1 aromatic rings. The molecule has 124 valence electrons. The summed E-state index contributed by atoms with van der Waals surface area (Å²) in [5.41, 5.74) is 6.67. The number of hydrogen-bond donors (Lipinski definition) is 2. The highest BCUT2D eigenvalue weighted by Gasteiger charge is 2.21. The molecule has 0 saturated carbocycles. The van der Waals surface area contributed by atoms with Gasteiger partial charge in [-0.25, -0.2) is 4.79 Å². The zero-order valence-corrected chi connectivity index (χ0v) is 14.1. The van der Waals surface area contributed by atoms with Gasteiger partial charge in [0.1, 0.15) is 12.6 Å². The minimum Gasteiger partial charge on any atom is -0.459 e. The summed E-state index contributed by atoms with van der Waals surface area (Å²) >= 11 is 0. The van der Waals surface area contributed by atoms with Gasteiger partial charge in [0.05, 0.1) is 6.04 Å². The molecule has 3 N–H and O–H groups in total. The summed E-state index contributed by atoms with van der Waals surface area (Å²) in [6.45, 7) is 5.76. The summed E-state index contributed by atoms with van der Waals surface area (Å²) in [6, 6.07) is 8.07. The molecule has 0 heterocycles. The first-order valence-electron chi connectivity index (χ1n) is 7.16. The summed E-state index contributed by atoms with van der Waals surface area (Å²) in [7, 11) is 0. The molecule has 22 heavy (non-hydrogen) atoms. The van der Waals surface area contributed by atoms with E-state index in [0.717, 1.165) is 5.56 Å². The van der Waals surface area contributed by atoms with Crippen molar-refractivity contribution < 1.29 is 14.3 Å². The lowest BCUT2D eigenvalue weighted by Crippen LogP contribution is -2.48. The van der Waals surface area contributed by atoms with Crippen LogP contribution < -0.4 is 11.1 Å². The van der Waals surface area contributed by atoms with E-state index in [2.05, 4.69) is 5.32 Å². The molecule has 0 fully saturated rings. The van der Waals surface area contributed by atoms with Gasteiger partial charge in [-0.2, -0.15) is 0 Å². The van der Waals surface area contributed by atoms with E-state index in [1.165, 1.54) is 0 Å². The quantitative estimate of drug-likeness (QED) is 0.750. The van der Waals surface area contributed by atoms with Crippen LogP contribution in [0.15, 0.2) is 30.3 Å². The number of nitrogens with one attached hydrogen (secondary N) is 1. The second-order valence-corrected chi connectivity index (χ2v) is 5.56. The Bertz CT molecular complexity index is 466. The monoisotopic (exact) mass is 328 g/mol. The van der Waals surface area contributed by atoms with Gasteiger partial charge >= 0.3 is 5.97 Å². The molecule has 0 aliphatic carbocycles. The van der Waals surface area contributed by atoms with Crippen LogP contribution in [0.4, 0.5) is 0 Å². The van der Waals surface area contributed by atoms with Crippen molar-refractivity contribution in [3.8, 4) is 0 Å². The Kier molecular flexibility index (Phi) is 9.45. The highest BCUT2D eigenvalue weighted by atomic mass is 35.5. The van der Waals surface area contributed by atoms with Crippen molar-refractivity contribution in [3.05, 3.63) is 35.9 Å². The molecule has 6 heteroatoms. The van der Waals surface area contributed by atoms with E-state index in [1.54, 1.807) is 6.92 Å². The van der Waals surface area contributed by atoms with Crippen molar-refractivity contribution in [1.29, 1.82) is 0 Å². The number of hydrogen-bond acceptors (Lipinski definition) is 4. The molecular formula is C16H25ClN2O3. The van der Waals surface area contributed by atoms with Crippen LogP contribution in [0.1, 0.15) is 32.8 Å². The summed E-state index contributed by atoms with van der Waals surface area (Å²) in [4.78, 5) is 23.6. The van der Waals surface area contributed by atoms with Gasteiger partial charge in [0.25, 0.3) is 0 Å². The number of nitrogens with two attached hydrogens (primary N) is 1. The zero-order chi connectivity index (χ0) is 15.8. The number of carbonyl (C=O) groups is 2. The average Bonchev–Trinajstić information content (AvgIpc) is 2.44. The number of halogens is 1. The number of carbonyl (C=O) groups excluding carboxylic acids is 2. The van der Waals surface area contributed by atoms with E-state index < -0.39 is 18.1 Å². The molecule has 5 nitrogen and oxygen atoms in total. The van der Waals surface area contributed by atoms with Gasteiger partial charge in [0.2, 0.25) is 5.91 Å². The Morgan fingerprint density at radius 1 is 1.18 bits per heavy atom. The first-order valence-corrected chi connectivity index (χ1v) is 7.16. The molecule has 1 aromatic carbocycles. The Morgan fingerprint density at radius 2 is 1.77 bits per heavy atom. The third-order valence-electron chi connectivity index (χ3n) is 3.00. The zero-order valence-electron chi connectivity index (χ0n) is 13.2. The predicted octanol–water partition coefficient (Wildman–Crippen LogP) is 2.03. The minimum absolute atomic E-state index is 0. The van der Waals surface area contributed by atoms with Crippen LogP contribution in [0.5, 0.6) is 0 Å². The van der Waals surface area contributed by atoms with Crippen LogP contribution in [0.2, 0.25) is 0 Å². The van der Waals surface area contributed by atoms with Crippen LogP contribution in [-0.2, 0) is 20.9 Å². The fourth-order valence-electron chi connectivity index (χ4n) is 1.85. The van der Waals surface area contributed by atoms with Crippen molar-refractivity contribution in [1.82, 2.24) is 5.32 Å². The summed E-state index contributed by atoms with van der Waals surface area (Å²) in [6.07, 6.45) is 0.581. The number of rotatable bonds is 7. The molecule has 2 atom stereocenters. The van der Waals surface area contributed by atoms with Crippen molar-refractivity contribution in [2.45, 2.75) is 45.9 Å². The number of esters is 1. The second kappa shape index (κ2) is 10.2. The lowest BCUT2D eigenvalue weighted by molar-refractivity contribution is -0.148. The average molecular weight is 329 g/mol. The first kappa shape index (κ1) is 20.4. The number of ether oxygens (including phenoxy) is 1. The largest absolute Gasteiger partial charge is 0.459 e. The van der Waals surface area contributed by atoms with Crippen LogP contribution in [0.3, 0.4) is 0 Å². The van der Waals surface area contributed by atoms with E-state index in [-0.39, 0.29) is 24.9 Å². The van der Waals surface area contributed by atoms with Gasteiger partial charge < -0.3 is 15.8 Å². The Balaban J connectivity index is 0.00000441. The molecule has 1 rings (SSSR count). The molecular weight excluding hydrogens is 304 g/mol. The maximum absolute atomic E-state index is 11.8. The van der Waals surface area contributed by atoms with Crippen molar-refractivity contribution in [2.75, 3.05) is 0 Å². The van der Waals surface area contributed by atoms with Crippen molar-refractivity contribution in [3.63, 3.8) is 0 Å².